The predicted molar refractivity (Wildman–Crippen MR) is 101 cm³/mol. The second-order valence-corrected chi connectivity index (χ2v) is 8.61. The molecule has 2 heterocycles. The molecule has 0 radical (unpaired) electrons. The van der Waals surface area contributed by atoms with Crippen LogP contribution in [0.4, 0.5) is 0 Å². The minimum Gasteiger partial charge on any atom is -0.347 e. The molecule has 4 rings (SSSR count). The van der Waals surface area contributed by atoms with Crippen molar-refractivity contribution in [3.63, 3.8) is 0 Å². The van der Waals surface area contributed by atoms with Gasteiger partial charge in [0.15, 0.2) is 0 Å². The van der Waals surface area contributed by atoms with Crippen LogP contribution in [0.2, 0.25) is 0 Å². The number of likely N-dealkylation sites (tertiary alicyclic amines) is 1. The highest BCUT2D eigenvalue weighted by Gasteiger charge is 2.47. The van der Waals surface area contributed by atoms with Crippen molar-refractivity contribution in [1.29, 1.82) is 0 Å². The van der Waals surface area contributed by atoms with E-state index in [0.29, 0.717) is 11.7 Å². The molecule has 1 aromatic heterocycles. The van der Waals surface area contributed by atoms with Crippen molar-refractivity contribution >= 4 is 34.9 Å². The fourth-order valence-corrected chi connectivity index (χ4v) is 5.29. The topological polar surface area (TPSA) is 49.4 Å². The monoisotopic (exact) mass is 372 g/mol. The number of rotatable bonds is 5. The zero-order chi connectivity index (χ0) is 17.2. The molecule has 130 valence electrons. The number of fused-ring (bicyclic) bond motifs is 2. The maximum absolute atomic E-state index is 12.7. The Balaban J connectivity index is 1.35. The third-order valence-corrected chi connectivity index (χ3v) is 6.83. The highest BCUT2D eigenvalue weighted by Crippen LogP contribution is 2.38. The van der Waals surface area contributed by atoms with Crippen LogP contribution in [0.15, 0.2) is 52.7 Å². The average molecular weight is 373 g/mol. The van der Waals surface area contributed by atoms with E-state index in [1.54, 1.807) is 11.8 Å². The van der Waals surface area contributed by atoms with E-state index < -0.39 is 0 Å². The molecule has 1 aliphatic heterocycles. The fraction of sp³-hybridized carbons (Fsp3) is 0.368. The zero-order valence-corrected chi connectivity index (χ0v) is 15.4. The summed E-state index contributed by atoms with van der Waals surface area (Å²) in [7, 11) is 0. The summed E-state index contributed by atoms with van der Waals surface area (Å²) in [6.07, 6.45) is 1.99. The highest BCUT2D eigenvalue weighted by atomic mass is 32.2. The van der Waals surface area contributed by atoms with Gasteiger partial charge in [-0.15, -0.1) is 23.1 Å². The second kappa shape index (κ2) is 7.22. The summed E-state index contributed by atoms with van der Waals surface area (Å²) in [5.41, 5.74) is 0. The zero-order valence-electron chi connectivity index (χ0n) is 13.8. The number of thiophene rings is 1. The number of amides is 2. The summed E-state index contributed by atoms with van der Waals surface area (Å²) in [4.78, 5) is 28.8. The van der Waals surface area contributed by atoms with Crippen LogP contribution in [0.3, 0.4) is 0 Å². The van der Waals surface area contributed by atoms with Crippen LogP contribution < -0.4 is 5.32 Å². The van der Waals surface area contributed by atoms with E-state index >= 15 is 0 Å². The van der Waals surface area contributed by atoms with Gasteiger partial charge in [0.25, 0.3) is 5.91 Å². The lowest BCUT2D eigenvalue weighted by molar-refractivity contribution is -0.130. The summed E-state index contributed by atoms with van der Waals surface area (Å²) in [6.45, 7) is 0.838. The minimum absolute atomic E-state index is 0.0152. The molecule has 25 heavy (non-hydrogen) atoms. The predicted octanol–water partition coefficient (Wildman–Crippen LogP) is 3.26. The number of carbonyl (C=O) groups excluding carboxylic acids is 2. The number of thioether (sulfide) groups is 1. The Morgan fingerprint density at radius 1 is 1.16 bits per heavy atom. The summed E-state index contributed by atoms with van der Waals surface area (Å²) < 4.78 is 0. The molecule has 1 aromatic carbocycles. The Labute approximate surface area is 155 Å². The lowest BCUT2D eigenvalue weighted by Crippen LogP contribution is -2.52. The minimum atomic E-state index is -0.0152. The van der Waals surface area contributed by atoms with Gasteiger partial charge >= 0.3 is 0 Å². The van der Waals surface area contributed by atoms with Gasteiger partial charge in [-0.2, -0.15) is 0 Å². The Kier molecular flexibility index (Phi) is 4.81. The van der Waals surface area contributed by atoms with E-state index in [2.05, 4.69) is 5.32 Å². The van der Waals surface area contributed by atoms with Crippen LogP contribution >= 0.6 is 23.1 Å². The van der Waals surface area contributed by atoms with Crippen LogP contribution in [-0.2, 0) is 4.79 Å². The van der Waals surface area contributed by atoms with Gasteiger partial charge in [-0.25, -0.2) is 0 Å². The molecule has 0 unspecified atom stereocenters. The highest BCUT2D eigenvalue weighted by molar-refractivity contribution is 8.00. The quantitative estimate of drug-likeness (QED) is 0.820. The van der Waals surface area contributed by atoms with Gasteiger partial charge in [0.1, 0.15) is 0 Å². The van der Waals surface area contributed by atoms with Gasteiger partial charge < -0.3 is 10.2 Å². The Morgan fingerprint density at radius 2 is 2.00 bits per heavy atom. The van der Waals surface area contributed by atoms with E-state index in [1.807, 2.05) is 52.7 Å². The Hall–Kier alpha value is -1.79. The molecule has 1 saturated heterocycles. The van der Waals surface area contributed by atoms with Gasteiger partial charge in [0, 0.05) is 17.5 Å². The van der Waals surface area contributed by atoms with Crippen LogP contribution in [0.1, 0.15) is 22.5 Å². The van der Waals surface area contributed by atoms with E-state index in [-0.39, 0.29) is 23.9 Å². The van der Waals surface area contributed by atoms with Crippen LogP contribution in [-0.4, -0.2) is 41.1 Å². The van der Waals surface area contributed by atoms with Crippen molar-refractivity contribution in [2.45, 2.75) is 29.8 Å². The molecule has 2 amide bonds. The summed E-state index contributed by atoms with van der Waals surface area (Å²) >= 11 is 3.03. The van der Waals surface area contributed by atoms with Crippen LogP contribution in [0.25, 0.3) is 0 Å². The number of hydrogen-bond donors (Lipinski definition) is 1. The van der Waals surface area contributed by atoms with Gasteiger partial charge in [0.05, 0.1) is 16.7 Å². The number of benzene rings is 1. The van der Waals surface area contributed by atoms with Crippen molar-refractivity contribution in [3.05, 3.63) is 52.7 Å². The first-order valence-electron chi connectivity index (χ1n) is 8.52. The van der Waals surface area contributed by atoms with E-state index in [4.69, 9.17) is 0 Å². The van der Waals surface area contributed by atoms with E-state index in [0.717, 1.165) is 29.2 Å². The molecule has 2 fully saturated rings. The third-order valence-electron chi connectivity index (χ3n) is 4.97. The van der Waals surface area contributed by atoms with Crippen LogP contribution in [0.5, 0.6) is 0 Å². The van der Waals surface area contributed by atoms with Crippen LogP contribution in [0, 0.1) is 5.92 Å². The Bertz CT molecular complexity index is 748. The average Bonchev–Trinajstić information content (AvgIpc) is 3.37. The first kappa shape index (κ1) is 16.7. The van der Waals surface area contributed by atoms with Crippen molar-refractivity contribution in [3.8, 4) is 0 Å². The Morgan fingerprint density at radius 3 is 2.72 bits per heavy atom. The van der Waals surface area contributed by atoms with E-state index in [1.165, 1.54) is 11.3 Å². The molecule has 4 nitrogen and oxygen atoms in total. The summed E-state index contributed by atoms with van der Waals surface area (Å²) in [5.74, 6) is 1.14. The summed E-state index contributed by atoms with van der Waals surface area (Å²) in [6, 6.07) is 14.0. The fourth-order valence-electron chi connectivity index (χ4n) is 3.86. The molecule has 2 aromatic rings. The molecular weight excluding hydrogens is 352 g/mol. The maximum atomic E-state index is 12.7. The van der Waals surface area contributed by atoms with Crippen molar-refractivity contribution in [2.75, 3.05) is 12.3 Å². The van der Waals surface area contributed by atoms with E-state index in [9.17, 15) is 9.59 Å². The van der Waals surface area contributed by atoms with Gasteiger partial charge in [-0.1, -0.05) is 24.3 Å². The molecule has 1 N–H and O–H groups in total. The molecule has 2 aliphatic rings. The number of hydrogen-bond acceptors (Lipinski definition) is 4. The lowest BCUT2D eigenvalue weighted by Gasteiger charge is -2.33. The molecule has 1 saturated carbocycles. The molecular formula is C19H20N2O2S2. The normalized spacial score (nSPS) is 24.5. The number of nitrogens with one attached hydrogen (secondary N) is 1. The molecule has 2 bridgehead atoms. The van der Waals surface area contributed by atoms with Crippen molar-refractivity contribution in [1.82, 2.24) is 10.2 Å². The first-order chi connectivity index (χ1) is 12.2. The standard InChI is InChI=1S/C19H20N2O2S2/c22-18(12-25-14-5-2-1-3-6-14)21-11-13-9-15(16(21)10-13)20-19(23)17-7-4-8-24-17/h1-8,13,15-16H,9-12H2,(H,20,23)/t13-,15+,16-/m1/s1. The third kappa shape index (κ3) is 3.60. The number of piperidine rings is 1. The van der Waals surface area contributed by atoms with Crippen molar-refractivity contribution in [2.24, 2.45) is 5.92 Å². The molecule has 0 spiro atoms. The SMILES string of the molecule is O=C(N[C@H]1C[C@@H]2C[C@H]1N(C(=O)CSc1ccccc1)C2)c1cccs1. The maximum Gasteiger partial charge on any atom is 0.261 e. The number of nitrogens with zero attached hydrogens (tertiary/aromatic N) is 1. The number of carbonyl (C=O) groups is 2. The van der Waals surface area contributed by atoms with Gasteiger partial charge in [0.2, 0.25) is 5.91 Å². The molecule has 3 atom stereocenters. The molecule has 6 heteroatoms. The van der Waals surface area contributed by atoms with Crippen molar-refractivity contribution < 1.29 is 9.59 Å². The first-order valence-corrected chi connectivity index (χ1v) is 10.4. The van der Waals surface area contributed by atoms with Gasteiger partial charge in [-0.3, -0.25) is 9.59 Å². The molecule has 1 aliphatic carbocycles. The second-order valence-electron chi connectivity index (χ2n) is 6.61. The summed E-state index contributed by atoms with van der Waals surface area (Å²) in [5, 5.41) is 5.05. The van der Waals surface area contributed by atoms with Gasteiger partial charge in [-0.05, 0) is 42.3 Å². The smallest absolute Gasteiger partial charge is 0.261 e. The lowest BCUT2D eigenvalue weighted by atomic mass is 10.1. The largest absolute Gasteiger partial charge is 0.347 e.